The summed E-state index contributed by atoms with van der Waals surface area (Å²) in [6, 6.07) is 0. The van der Waals surface area contributed by atoms with E-state index in [4.69, 9.17) is 0 Å². The number of hydrogen-bond acceptors (Lipinski definition) is 4. The molecule has 0 aliphatic heterocycles. The predicted molar refractivity (Wildman–Crippen MR) is 54.7 cm³/mol. The molecular formula is C10H14N2O3. The summed E-state index contributed by atoms with van der Waals surface area (Å²) in [5.41, 5.74) is 0.699. The van der Waals surface area contributed by atoms with Gasteiger partial charge in [0, 0.05) is 17.7 Å². The highest BCUT2D eigenvalue weighted by atomic mass is 16.5. The molecule has 1 aromatic heterocycles. The summed E-state index contributed by atoms with van der Waals surface area (Å²) in [7, 11) is 1.29. The Balaban J connectivity index is 3.09. The molecule has 0 saturated heterocycles. The maximum absolute atomic E-state index is 11.6. The van der Waals surface area contributed by atoms with Gasteiger partial charge in [0.1, 0.15) is 5.82 Å². The summed E-state index contributed by atoms with van der Waals surface area (Å²) in [5, 5.41) is 0. The van der Waals surface area contributed by atoms with E-state index in [-0.39, 0.29) is 12.0 Å². The van der Waals surface area contributed by atoms with Crippen molar-refractivity contribution in [3.05, 3.63) is 27.4 Å². The van der Waals surface area contributed by atoms with Crippen LogP contribution in [0.2, 0.25) is 0 Å². The molecule has 0 saturated carbocycles. The van der Waals surface area contributed by atoms with Crippen molar-refractivity contribution in [1.29, 1.82) is 0 Å². The van der Waals surface area contributed by atoms with E-state index in [0.717, 1.165) is 0 Å². The number of rotatable bonds is 3. The van der Waals surface area contributed by atoms with E-state index in [0.29, 0.717) is 23.5 Å². The van der Waals surface area contributed by atoms with Crippen molar-refractivity contribution in [3.8, 4) is 0 Å². The third kappa shape index (κ3) is 2.65. The van der Waals surface area contributed by atoms with Crippen LogP contribution in [0, 0.1) is 6.92 Å². The predicted octanol–water partition coefficient (Wildman–Crippen LogP) is 0.356. The molecule has 0 aliphatic rings. The number of carbonyl (C=O) groups is 1. The summed E-state index contributed by atoms with van der Waals surface area (Å²) in [5.74, 6) is 0.195. The molecule has 0 fully saturated rings. The van der Waals surface area contributed by atoms with Crippen molar-refractivity contribution >= 4 is 5.97 Å². The van der Waals surface area contributed by atoms with Gasteiger partial charge in [-0.3, -0.25) is 9.59 Å². The molecular weight excluding hydrogens is 196 g/mol. The molecule has 0 unspecified atom stereocenters. The number of nitrogens with one attached hydrogen (secondary N) is 1. The minimum atomic E-state index is -0.436. The zero-order chi connectivity index (χ0) is 11.4. The van der Waals surface area contributed by atoms with Crippen LogP contribution >= 0.6 is 0 Å². The molecule has 1 aromatic rings. The van der Waals surface area contributed by atoms with Crippen molar-refractivity contribution in [3.63, 3.8) is 0 Å². The summed E-state index contributed by atoms with van der Waals surface area (Å²) in [6.45, 7) is 3.62. The summed E-state index contributed by atoms with van der Waals surface area (Å²) >= 11 is 0. The second kappa shape index (κ2) is 4.72. The third-order valence-corrected chi connectivity index (χ3v) is 2.15. The van der Waals surface area contributed by atoms with Gasteiger partial charge in [0.15, 0.2) is 0 Å². The number of ether oxygens (including phenoxy) is 1. The van der Waals surface area contributed by atoms with E-state index in [9.17, 15) is 9.59 Å². The molecule has 0 aliphatic carbocycles. The first kappa shape index (κ1) is 11.4. The maximum atomic E-state index is 11.6. The minimum absolute atomic E-state index is 0.0331. The Bertz CT molecular complexity index is 423. The Kier molecular flexibility index (Phi) is 3.60. The monoisotopic (exact) mass is 210 g/mol. The first-order chi connectivity index (χ1) is 7.08. The van der Waals surface area contributed by atoms with Crippen molar-refractivity contribution in [2.75, 3.05) is 7.11 Å². The number of methoxy groups -OCH3 is 1. The van der Waals surface area contributed by atoms with Crippen molar-refractivity contribution in [2.45, 2.75) is 26.7 Å². The van der Waals surface area contributed by atoms with E-state index < -0.39 is 5.97 Å². The van der Waals surface area contributed by atoms with Crippen LogP contribution in [0.4, 0.5) is 0 Å². The van der Waals surface area contributed by atoms with Crippen LogP contribution in [0.1, 0.15) is 24.0 Å². The Morgan fingerprint density at radius 3 is 2.67 bits per heavy atom. The van der Waals surface area contributed by atoms with Crippen LogP contribution in [0.15, 0.2) is 4.79 Å². The Morgan fingerprint density at radius 2 is 2.20 bits per heavy atom. The molecule has 82 valence electrons. The fourth-order valence-electron chi connectivity index (χ4n) is 1.26. The van der Waals surface area contributed by atoms with Crippen LogP contribution in [0.25, 0.3) is 0 Å². The number of aryl methyl sites for hydroxylation is 2. The second-order valence-corrected chi connectivity index (χ2v) is 3.18. The molecule has 0 bridgehead atoms. The lowest BCUT2D eigenvalue weighted by atomic mass is 10.1. The van der Waals surface area contributed by atoms with Crippen LogP contribution < -0.4 is 5.56 Å². The van der Waals surface area contributed by atoms with Gasteiger partial charge in [-0.2, -0.15) is 0 Å². The Morgan fingerprint density at radius 1 is 1.53 bits per heavy atom. The minimum Gasteiger partial charge on any atom is -0.469 e. The largest absolute Gasteiger partial charge is 0.469 e. The standard InChI is InChI=1S/C10H14N2O3/c1-4-8-11-6(2)7(10(14)12-8)5-9(13)15-3/h4-5H2,1-3H3,(H,11,12,14). The fourth-order valence-corrected chi connectivity index (χ4v) is 1.26. The van der Waals surface area contributed by atoms with Crippen molar-refractivity contribution in [1.82, 2.24) is 9.97 Å². The smallest absolute Gasteiger partial charge is 0.310 e. The summed E-state index contributed by atoms with van der Waals surface area (Å²) in [6.07, 6.45) is 0.628. The van der Waals surface area contributed by atoms with Gasteiger partial charge in [0.05, 0.1) is 13.5 Å². The van der Waals surface area contributed by atoms with E-state index in [1.54, 1.807) is 6.92 Å². The number of aromatic nitrogens is 2. The fraction of sp³-hybridized carbons (Fsp3) is 0.500. The lowest BCUT2D eigenvalue weighted by Gasteiger charge is -2.04. The van der Waals surface area contributed by atoms with Crippen molar-refractivity contribution < 1.29 is 9.53 Å². The molecule has 0 spiro atoms. The number of H-pyrrole nitrogens is 1. The van der Waals surface area contributed by atoms with Crippen LogP contribution in [-0.2, 0) is 22.4 Å². The number of hydrogen-bond donors (Lipinski definition) is 1. The highest BCUT2D eigenvalue weighted by molar-refractivity contribution is 5.72. The molecule has 0 radical (unpaired) electrons. The van der Waals surface area contributed by atoms with Gasteiger partial charge in [-0.25, -0.2) is 4.98 Å². The number of nitrogens with zero attached hydrogens (tertiary/aromatic N) is 1. The molecule has 15 heavy (non-hydrogen) atoms. The topological polar surface area (TPSA) is 72.0 Å². The highest BCUT2D eigenvalue weighted by Crippen LogP contribution is 2.01. The van der Waals surface area contributed by atoms with E-state index in [1.807, 2.05) is 6.92 Å². The molecule has 0 aromatic carbocycles. The molecule has 0 atom stereocenters. The zero-order valence-corrected chi connectivity index (χ0v) is 9.09. The molecule has 5 nitrogen and oxygen atoms in total. The SMILES string of the molecule is CCc1nc(C)c(CC(=O)OC)c(=O)[nH]1. The molecule has 1 N–H and O–H groups in total. The highest BCUT2D eigenvalue weighted by Gasteiger charge is 2.11. The number of esters is 1. The normalized spacial score (nSPS) is 10.1. The summed E-state index contributed by atoms with van der Waals surface area (Å²) in [4.78, 5) is 29.4. The average molecular weight is 210 g/mol. The average Bonchev–Trinajstić information content (AvgIpc) is 2.22. The molecule has 1 heterocycles. The van der Waals surface area contributed by atoms with Gasteiger partial charge in [0.2, 0.25) is 0 Å². The van der Waals surface area contributed by atoms with Gasteiger partial charge < -0.3 is 9.72 Å². The second-order valence-electron chi connectivity index (χ2n) is 3.18. The zero-order valence-electron chi connectivity index (χ0n) is 9.09. The van der Waals surface area contributed by atoms with Crippen LogP contribution in [0.3, 0.4) is 0 Å². The van der Waals surface area contributed by atoms with Gasteiger partial charge in [0.25, 0.3) is 5.56 Å². The van der Waals surface area contributed by atoms with Gasteiger partial charge >= 0.3 is 5.97 Å². The number of carbonyl (C=O) groups excluding carboxylic acids is 1. The lowest BCUT2D eigenvalue weighted by molar-refractivity contribution is -0.139. The lowest BCUT2D eigenvalue weighted by Crippen LogP contribution is -2.22. The number of aromatic amines is 1. The quantitative estimate of drug-likeness (QED) is 0.731. The first-order valence-corrected chi connectivity index (χ1v) is 4.74. The van der Waals surface area contributed by atoms with Gasteiger partial charge in [-0.1, -0.05) is 6.92 Å². The Hall–Kier alpha value is -1.65. The molecule has 1 rings (SSSR count). The van der Waals surface area contributed by atoms with E-state index in [1.165, 1.54) is 7.11 Å². The van der Waals surface area contributed by atoms with Gasteiger partial charge in [-0.05, 0) is 6.92 Å². The van der Waals surface area contributed by atoms with E-state index >= 15 is 0 Å². The van der Waals surface area contributed by atoms with Crippen LogP contribution in [-0.4, -0.2) is 23.0 Å². The molecule has 0 amide bonds. The van der Waals surface area contributed by atoms with E-state index in [2.05, 4.69) is 14.7 Å². The van der Waals surface area contributed by atoms with Gasteiger partial charge in [-0.15, -0.1) is 0 Å². The third-order valence-electron chi connectivity index (χ3n) is 2.15. The van der Waals surface area contributed by atoms with Crippen LogP contribution in [0.5, 0.6) is 0 Å². The summed E-state index contributed by atoms with van der Waals surface area (Å²) < 4.78 is 4.50. The van der Waals surface area contributed by atoms with Crippen molar-refractivity contribution in [2.24, 2.45) is 0 Å². The first-order valence-electron chi connectivity index (χ1n) is 4.74. The Labute approximate surface area is 87.5 Å². The molecule has 5 heteroatoms. The maximum Gasteiger partial charge on any atom is 0.310 e.